The molecule has 0 saturated carbocycles. The fraction of sp³-hybridized carbons (Fsp3) is 0.864. The van der Waals surface area contributed by atoms with Crippen molar-refractivity contribution < 1.29 is 24.5 Å². The number of carbonyl (C=O) groups is 2. The minimum absolute atomic E-state index is 0.0670. The first-order valence-electron chi connectivity index (χ1n) is 28.7. The van der Waals surface area contributed by atoms with Crippen molar-refractivity contribution in [1.82, 2.24) is 5.32 Å². The number of hydrogen-bond donors (Lipinski definition) is 3. The summed E-state index contributed by atoms with van der Waals surface area (Å²) in [5.41, 5.74) is 0. The van der Waals surface area contributed by atoms with Gasteiger partial charge in [-0.25, -0.2) is 0 Å². The molecule has 0 radical (unpaired) electrons. The maximum atomic E-state index is 13.3. The third-order valence-electron chi connectivity index (χ3n) is 13.2. The lowest BCUT2D eigenvalue weighted by molar-refractivity contribution is -0.151. The molecule has 0 aromatic carbocycles. The molecule has 0 aromatic rings. The molecule has 6 heteroatoms. The minimum atomic E-state index is -0.792. The van der Waals surface area contributed by atoms with Crippen LogP contribution in [0.15, 0.2) is 36.5 Å². The molecular weight excluding hydrogens is 803 g/mol. The topological polar surface area (TPSA) is 95.9 Å². The van der Waals surface area contributed by atoms with Gasteiger partial charge in [-0.05, 0) is 64.2 Å². The second-order valence-electron chi connectivity index (χ2n) is 19.7. The third-order valence-corrected chi connectivity index (χ3v) is 13.2. The van der Waals surface area contributed by atoms with Gasteiger partial charge < -0.3 is 20.3 Å². The number of carbonyl (C=O) groups excluding carboxylic acids is 2. The van der Waals surface area contributed by atoms with Gasteiger partial charge in [0.15, 0.2) is 0 Å². The Labute approximate surface area is 404 Å². The van der Waals surface area contributed by atoms with Crippen molar-refractivity contribution in [3.05, 3.63) is 36.5 Å². The Balaban J connectivity index is 4.59. The molecule has 0 fully saturated rings. The molecule has 3 unspecified atom stereocenters. The fourth-order valence-corrected chi connectivity index (χ4v) is 8.85. The average molecular weight is 915 g/mol. The highest BCUT2D eigenvalue weighted by Gasteiger charge is 2.24. The fourth-order valence-electron chi connectivity index (χ4n) is 8.85. The van der Waals surface area contributed by atoms with Gasteiger partial charge in [0, 0.05) is 6.42 Å². The van der Waals surface area contributed by atoms with Crippen molar-refractivity contribution in [2.45, 2.75) is 322 Å². The van der Waals surface area contributed by atoms with Crippen LogP contribution in [0.1, 0.15) is 303 Å². The highest BCUT2D eigenvalue weighted by molar-refractivity contribution is 5.77. The van der Waals surface area contributed by atoms with Gasteiger partial charge in [0.25, 0.3) is 0 Å². The summed E-state index contributed by atoms with van der Waals surface area (Å²) in [5, 5.41) is 23.9. The third kappa shape index (κ3) is 48.3. The lowest BCUT2D eigenvalue weighted by Crippen LogP contribution is -2.46. The van der Waals surface area contributed by atoms with Crippen LogP contribution in [0.4, 0.5) is 0 Å². The largest absolute Gasteiger partial charge is 0.462 e. The monoisotopic (exact) mass is 914 g/mol. The standard InChI is InChI=1S/C59H111NO5/c1-4-7-10-13-16-19-22-25-28-29-31-32-35-38-41-44-47-50-55(65-59(64)52-49-46-43-40-37-34-30-26-23-20-17-14-11-8-5-2)53-58(63)60-56(54-61)57(62)51-48-45-42-39-36-33-27-24-21-18-15-12-9-6-3/h16,19,25,28,31-32,55-57,61-62H,4-15,17-18,20-24,26-27,29-30,33-54H2,1-3H3,(H,60,63)/b19-16-,28-25-,32-31-. The highest BCUT2D eigenvalue weighted by Crippen LogP contribution is 2.18. The van der Waals surface area contributed by atoms with Gasteiger partial charge in [0.05, 0.1) is 25.2 Å². The van der Waals surface area contributed by atoms with Crippen molar-refractivity contribution in [3.8, 4) is 0 Å². The number of nitrogens with one attached hydrogen (secondary N) is 1. The van der Waals surface area contributed by atoms with E-state index in [2.05, 4.69) is 62.5 Å². The van der Waals surface area contributed by atoms with Crippen LogP contribution in [-0.4, -0.2) is 46.9 Å². The van der Waals surface area contributed by atoms with Crippen LogP contribution in [-0.2, 0) is 14.3 Å². The molecule has 0 aliphatic heterocycles. The van der Waals surface area contributed by atoms with Gasteiger partial charge in [-0.2, -0.15) is 0 Å². The van der Waals surface area contributed by atoms with Gasteiger partial charge in [-0.3, -0.25) is 9.59 Å². The Bertz CT molecular complexity index is 1070. The number of allylic oxidation sites excluding steroid dienone is 6. The van der Waals surface area contributed by atoms with E-state index >= 15 is 0 Å². The molecule has 0 aliphatic carbocycles. The molecule has 0 spiro atoms. The molecule has 0 heterocycles. The normalized spacial score (nSPS) is 13.4. The average Bonchev–Trinajstić information content (AvgIpc) is 3.30. The summed E-state index contributed by atoms with van der Waals surface area (Å²) < 4.78 is 5.96. The van der Waals surface area contributed by atoms with E-state index in [0.29, 0.717) is 19.3 Å². The van der Waals surface area contributed by atoms with Crippen LogP contribution in [0.2, 0.25) is 0 Å². The summed E-state index contributed by atoms with van der Waals surface area (Å²) in [4.78, 5) is 26.3. The summed E-state index contributed by atoms with van der Waals surface area (Å²) in [5.74, 6) is -0.479. The molecule has 382 valence electrons. The van der Waals surface area contributed by atoms with E-state index in [1.54, 1.807) is 0 Å². The molecule has 0 aromatic heterocycles. The second kappa shape index (κ2) is 53.0. The van der Waals surface area contributed by atoms with Crippen molar-refractivity contribution in [3.63, 3.8) is 0 Å². The van der Waals surface area contributed by atoms with Crippen LogP contribution in [0, 0.1) is 0 Å². The molecule has 0 bridgehead atoms. The number of esters is 1. The van der Waals surface area contributed by atoms with Gasteiger partial charge in [-0.15, -0.1) is 0 Å². The van der Waals surface area contributed by atoms with E-state index in [1.165, 1.54) is 173 Å². The first kappa shape index (κ1) is 63.1. The maximum Gasteiger partial charge on any atom is 0.306 e. The van der Waals surface area contributed by atoms with Gasteiger partial charge in [-0.1, -0.05) is 263 Å². The molecule has 0 saturated heterocycles. The molecule has 1 amide bonds. The Kier molecular flexibility index (Phi) is 51.5. The van der Waals surface area contributed by atoms with Crippen LogP contribution in [0.5, 0.6) is 0 Å². The second-order valence-corrected chi connectivity index (χ2v) is 19.7. The quantitative estimate of drug-likeness (QED) is 0.0321. The van der Waals surface area contributed by atoms with Crippen LogP contribution < -0.4 is 5.32 Å². The molecular formula is C59H111NO5. The van der Waals surface area contributed by atoms with E-state index in [9.17, 15) is 19.8 Å². The van der Waals surface area contributed by atoms with E-state index < -0.39 is 18.2 Å². The van der Waals surface area contributed by atoms with Gasteiger partial charge in [0.2, 0.25) is 5.91 Å². The first-order chi connectivity index (χ1) is 32.0. The number of rotatable bonds is 52. The zero-order valence-electron chi connectivity index (χ0n) is 43.6. The van der Waals surface area contributed by atoms with Crippen molar-refractivity contribution >= 4 is 11.9 Å². The van der Waals surface area contributed by atoms with Crippen molar-refractivity contribution in [2.75, 3.05) is 6.61 Å². The zero-order valence-corrected chi connectivity index (χ0v) is 43.6. The summed E-state index contributed by atoms with van der Waals surface area (Å²) in [6, 6.07) is -0.707. The van der Waals surface area contributed by atoms with E-state index in [-0.39, 0.29) is 24.9 Å². The Morgan fingerprint density at radius 2 is 0.785 bits per heavy atom. The molecule has 3 atom stereocenters. The highest BCUT2D eigenvalue weighted by atomic mass is 16.5. The minimum Gasteiger partial charge on any atom is -0.462 e. The van der Waals surface area contributed by atoms with E-state index in [0.717, 1.165) is 83.5 Å². The Hall–Kier alpha value is -1.92. The number of aliphatic hydroxyl groups excluding tert-OH is 2. The number of hydrogen-bond acceptors (Lipinski definition) is 5. The maximum absolute atomic E-state index is 13.3. The molecule has 3 N–H and O–H groups in total. The van der Waals surface area contributed by atoms with Gasteiger partial charge >= 0.3 is 5.97 Å². The van der Waals surface area contributed by atoms with Gasteiger partial charge in [0.1, 0.15) is 6.10 Å². The SMILES string of the molecule is CCCCC/C=C\C/C=C\C/C=C\CCCCCCC(CC(=O)NC(CO)C(O)CCCCCCCCCCCCCCCC)OC(=O)CCCCCCCCCCCCCCCCC. The van der Waals surface area contributed by atoms with Crippen LogP contribution in [0.3, 0.4) is 0 Å². The number of aliphatic hydroxyl groups is 2. The van der Waals surface area contributed by atoms with Crippen molar-refractivity contribution in [2.24, 2.45) is 0 Å². The lowest BCUT2D eigenvalue weighted by atomic mass is 10.0. The summed E-state index contributed by atoms with van der Waals surface area (Å²) >= 11 is 0. The first-order valence-corrected chi connectivity index (χ1v) is 28.7. The van der Waals surface area contributed by atoms with E-state index in [1.807, 2.05) is 0 Å². The Morgan fingerprint density at radius 1 is 0.446 bits per heavy atom. The predicted molar refractivity (Wildman–Crippen MR) is 282 cm³/mol. The zero-order chi connectivity index (χ0) is 47.4. The molecule has 6 nitrogen and oxygen atoms in total. The number of ether oxygens (including phenoxy) is 1. The molecule has 0 aliphatic rings. The summed E-state index contributed by atoms with van der Waals surface area (Å²) in [7, 11) is 0. The van der Waals surface area contributed by atoms with Crippen LogP contribution >= 0.6 is 0 Å². The van der Waals surface area contributed by atoms with Crippen molar-refractivity contribution in [1.29, 1.82) is 0 Å². The number of amides is 1. The smallest absolute Gasteiger partial charge is 0.306 e. The summed E-state index contributed by atoms with van der Waals surface area (Å²) in [6.07, 6.45) is 63.5. The predicted octanol–water partition coefficient (Wildman–Crippen LogP) is 17.6. The lowest BCUT2D eigenvalue weighted by Gasteiger charge is -2.24. The molecule has 65 heavy (non-hydrogen) atoms. The summed E-state index contributed by atoms with van der Waals surface area (Å²) in [6.45, 7) is 6.48. The Morgan fingerprint density at radius 3 is 1.22 bits per heavy atom. The number of unbranched alkanes of at least 4 members (excludes halogenated alkanes) is 34. The van der Waals surface area contributed by atoms with Crippen LogP contribution in [0.25, 0.3) is 0 Å². The van der Waals surface area contributed by atoms with E-state index in [4.69, 9.17) is 4.74 Å². The molecule has 0 rings (SSSR count).